The van der Waals surface area contributed by atoms with Crippen molar-refractivity contribution in [2.45, 2.75) is 32.2 Å². The molecule has 11 heavy (non-hydrogen) atoms. The number of amides is 1. The van der Waals surface area contributed by atoms with Gasteiger partial charge in [0.1, 0.15) is 0 Å². The molecule has 0 aliphatic carbocycles. The van der Waals surface area contributed by atoms with E-state index in [1.54, 1.807) is 0 Å². The van der Waals surface area contributed by atoms with E-state index in [9.17, 15) is 4.79 Å². The highest BCUT2D eigenvalue weighted by molar-refractivity contribution is 5.80. The molecule has 3 N–H and O–H groups in total. The van der Waals surface area contributed by atoms with Crippen molar-refractivity contribution < 1.29 is 9.63 Å². The zero-order valence-corrected chi connectivity index (χ0v) is 7.09. The fourth-order valence-electron chi connectivity index (χ4n) is 0.731. The van der Waals surface area contributed by atoms with E-state index in [0.29, 0.717) is 6.42 Å². The van der Waals surface area contributed by atoms with Gasteiger partial charge in [0.25, 0.3) is 5.91 Å². The Kier molecular flexibility index (Phi) is 5.78. The normalized spacial score (nSPS) is 12.6. The van der Waals surface area contributed by atoms with Gasteiger partial charge >= 0.3 is 0 Å². The minimum absolute atomic E-state index is 0.249. The highest BCUT2D eigenvalue weighted by Gasteiger charge is 2.11. The molecule has 1 amide bonds. The lowest BCUT2D eigenvalue weighted by molar-refractivity contribution is -0.132. The van der Waals surface area contributed by atoms with Crippen LogP contribution in [0.15, 0.2) is 0 Å². The Morgan fingerprint density at radius 2 is 2.36 bits per heavy atom. The number of carbonyl (C=O) groups excluding carboxylic acids is 1. The average molecular weight is 160 g/mol. The minimum Gasteiger partial charge on any atom is -0.320 e. The Bertz CT molecular complexity index is 117. The van der Waals surface area contributed by atoms with Crippen LogP contribution in [0.3, 0.4) is 0 Å². The molecule has 66 valence electrons. The van der Waals surface area contributed by atoms with Crippen molar-refractivity contribution in [2.24, 2.45) is 5.73 Å². The van der Waals surface area contributed by atoms with Gasteiger partial charge in [-0.2, -0.15) is 0 Å². The fraction of sp³-hybridized carbons (Fsp3) is 0.857. The maximum absolute atomic E-state index is 10.9. The SMILES string of the molecule is CCCCC(N)C(=O)NOC. The van der Waals surface area contributed by atoms with E-state index in [1.165, 1.54) is 7.11 Å². The lowest BCUT2D eigenvalue weighted by Crippen LogP contribution is -2.39. The summed E-state index contributed by atoms with van der Waals surface area (Å²) in [6.07, 6.45) is 2.73. The maximum atomic E-state index is 10.9. The van der Waals surface area contributed by atoms with Crippen molar-refractivity contribution in [1.29, 1.82) is 0 Å². The molecule has 0 saturated carbocycles. The lowest BCUT2D eigenvalue weighted by Gasteiger charge is -2.08. The molecule has 0 rings (SSSR count). The molecule has 0 aliphatic rings. The number of nitrogens with two attached hydrogens (primary N) is 1. The molecule has 0 saturated heterocycles. The standard InChI is InChI=1S/C7H16N2O2/c1-3-4-5-6(8)7(10)9-11-2/h6H,3-5,8H2,1-2H3,(H,9,10). The van der Waals surface area contributed by atoms with Crippen LogP contribution in [0.1, 0.15) is 26.2 Å². The van der Waals surface area contributed by atoms with Crippen LogP contribution in [-0.4, -0.2) is 19.1 Å². The highest BCUT2D eigenvalue weighted by atomic mass is 16.6. The van der Waals surface area contributed by atoms with Crippen LogP contribution >= 0.6 is 0 Å². The number of carbonyl (C=O) groups is 1. The van der Waals surface area contributed by atoms with E-state index in [-0.39, 0.29) is 5.91 Å². The van der Waals surface area contributed by atoms with Crippen LogP contribution in [0.5, 0.6) is 0 Å². The highest BCUT2D eigenvalue weighted by Crippen LogP contribution is 1.97. The molecule has 0 aromatic heterocycles. The van der Waals surface area contributed by atoms with Gasteiger partial charge in [0.15, 0.2) is 0 Å². The zero-order valence-electron chi connectivity index (χ0n) is 7.09. The van der Waals surface area contributed by atoms with Crippen LogP contribution in [0.2, 0.25) is 0 Å². The quantitative estimate of drug-likeness (QED) is 0.564. The van der Waals surface area contributed by atoms with Crippen LogP contribution in [0.25, 0.3) is 0 Å². The summed E-state index contributed by atoms with van der Waals surface area (Å²) in [7, 11) is 1.39. The number of hydrogen-bond acceptors (Lipinski definition) is 3. The molecule has 1 atom stereocenters. The minimum atomic E-state index is -0.435. The largest absolute Gasteiger partial charge is 0.320 e. The summed E-state index contributed by atoms with van der Waals surface area (Å²) in [5, 5.41) is 0. The molecular formula is C7H16N2O2. The number of hydroxylamine groups is 1. The molecule has 0 aromatic rings. The lowest BCUT2D eigenvalue weighted by atomic mass is 10.1. The Labute approximate surface area is 67.0 Å². The van der Waals surface area contributed by atoms with Crippen molar-refractivity contribution in [2.75, 3.05) is 7.11 Å². The fourth-order valence-corrected chi connectivity index (χ4v) is 0.731. The number of hydrogen-bond donors (Lipinski definition) is 2. The van der Waals surface area contributed by atoms with Crippen LogP contribution in [0.4, 0.5) is 0 Å². The van der Waals surface area contributed by atoms with Crippen LogP contribution in [-0.2, 0) is 9.63 Å². The van der Waals surface area contributed by atoms with Gasteiger partial charge in [-0.1, -0.05) is 19.8 Å². The summed E-state index contributed by atoms with van der Waals surface area (Å²) in [5.41, 5.74) is 7.69. The van der Waals surface area contributed by atoms with E-state index in [1.807, 2.05) is 0 Å². The third-order valence-corrected chi connectivity index (χ3v) is 1.41. The summed E-state index contributed by atoms with van der Waals surface area (Å²) in [5.74, 6) is -0.249. The van der Waals surface area contributed by atoms with Gasteiger partial charge in [-0.25, -0.2) is 5.48 Å². The monoisotopic (exact) mass is 160 g/mol. The molecule has 1 unspecified atom stereocenters. The third-order valence-electron chi connectivity index (χ3n) is 1.41. The second-order valence-corrected chi connectivity index (χ2v) is 2.42. The first-order valence-corrected chi connectivity index (χ1v) is 3.80. The number of unbranched alkanes of at least 4 members (excludes halogenated alkanes) is 1. The Balaban J connectivity index is 3.46. The molecule has 4 heteroatoms. The van der Waals surface area contributed by atoms with E-state index >= 15 is 0 Å². The molecule has 0 aliphatic heterocycles. The van der Waals surface area contributed by atoms with Crippen molar-refractivity contribution in [3.05, 3.63) is 0 Å². The van der Waals surface area contributed by atoms with Crippen LogP contribution < -0.4 is 11.2 Å². The van der Waals surface area contributed by atoms with Crippen molar-refractivity contribution >= 4 is 5.91 Å². The van der Waals surface area contributed by atoms with Crippen LogP contribution in [0, 0.1) is 0 Å². The smallest absolute Gasteiger partial charge is 0.260 e. The summed E-state index contributed by atoms with van der Waals surface area (Å²) < 4.78 is 0. The van der Waals surface area contributed by atoms with Gasteiger partial charge in [0.2, 0.25) is 0 Å². The van der Waals surface area contributed by atoms with Gasteiger partial charge in [-0.05, 0) is 6.42 Å². The molecule has 0 fully saturated rings. The summed E-state index contributed by atoms with van der Waals surface area (Å²) in [6.45, 7) is 2.06. The Hall–Kier alpha value is -0.610. The van der Waals surface area contributed by atoms with E-state index in [4.69, 9.17) is 5.73 Å². The second-order valence-electron chi connectivity index (χ2n) is 2.42. The zero-order chi connectivity index (χ0) is 8.69. The first kappa shape index (κ1) is 10.4. The number of nitrogens with one attached hydrogen (secondary N) is 1. The molecule has 0 radical (unpaired) electrons. The predicted molar refractivity (Wildman–Crippen MR) is 42.7 cm³/mol. The third kappa shape index (κ3) is 4.75. The van der Waals surface area contributed by atoms with Crippen molar-refractivity contribution in [3.8, 4) is 0 Å². The maximum Gasteiger partial charge on any atom is 0.260 e. The molecule has 0 heterocycles. The van der Waals surface area contributed by atoms with E-state index in [2.05, 4.69) is 17.2 Å². The Morgan fingerprint density at radius 3 is 2.82 bits per heavy atom. The second kappa shape index (κ2) is 6.12. The van der Waals surface area contributed by atoms with E-state index in [0.717, 1.165) is 12.8 Å². The molecular weight excluding hydrogens is 144 g/mol. The first-order chi connectivity index (χ1) is 5.22. The molecule has 0 bridgehead atoms. The van der Waals surface area contributed by atoms with Gasteiger partial charge in [-0.15, -0.1) is 0 Å². The predicted octanol–water partition coefficient (Wildman–Crippen LogP) is 0.182. The van der Waals surface area contributed by atoms with Crippen molar-refractivity contribution in [1.82, 2.24) is 5.48 Å². The number of rotatable bonds is 5. The van der Waals surface area contributed by atoms with Gasteiger partial charge in [0.05, 0.1) is 13.2 Å². The van der Waals surface area contributed by atoms with Gasteiger partial charge in [-0.3, -0.25) is 9.63 Å². The summed E-state index contributed by atoms with van der Waals surface area (Å²) >= 11 is 0. The topological polar surface area (TPSA) is 64.4 Å². The molecule has 0 aromatic carbocycles. The summed E-state index contributed by atoms with van der Waals surface area (Å²) in [4.78, 5) is 15.3. The molecule has 0 spiro atoms. The average Bonchev–Trinajstić information content (AvgIpc) is 2.00. The first-order valence-electron chi connectivity index (χ1n) is 3.80. The summed E-state index contributed by atoms with van der Waals surface area (Å²) in [6, 6.07) is -0.435. The van der Waals surface area contributed by atoms with Gasteiger partial charge in [0, 0.05) is 0 Å². The van der Waals surface area contributed by atoms with E-state index < -0.39 is 6.04 Å². The Morgan fingerprint density at radius 1 is 1.73 bits per heavy atom. The van der Waals surface area contributed by atoms with Crippen molar-refractivity contribution in [3.63, 3.8) is 0 Å². The molecule has 4 nitrogen and oxygen atoms in total. The van der Waals surface area contributed by atoms with Gasteiger partial charge < -0.3 is 5.73 Å².